The summed E-state index contributed by atoms with van der Waals surface area (Å²) < 4.78 is 18.9. The number of methoxy groups -OCH3 is 1. The van der Waals surface area contributed by atoms with Crippen molar-refractivity contribution in [3.05, 3.63) is 29.6 Å². The Morgan fingerprint density at radius 3 is 2.47 bits per heavy atom. The first-order chi connectivity index (χ1) is 9.01. The summed E-state index contributed by atoms with van der Waals surface area (Å²) in [5, 5.41) is 3.52. The van der Waals surface area contributed by atoms with E-state index in [1.807, 2.05) is 0 Å². The van der Waals surface area contributed by atoms with Crippen molar-refractivity contribution in [3.8, 4) is 5.75 Å². The molecule has 0 heterocycles. The van der Waals surface area contributed by atoms with Crippen LogP contribution in [0.4, 0.5) is 4.39 Å². The van der Waals surface area contributed by atoms with Gasteiger partial charge >= 0.3 is 0 Å². The summed E-state index contributed by atoms with van der Waals surface area (Å²) in [5.74, 6) is 1.46. The van der Waals surface area contributed by atoms with Gasteiger partial charge < -0.3 is 10.1 Å². The van der Waals surface area contributed by atoms with Gasteiger partial charge in [-0.2, -0.15) is 0 Å². The summed E-state index contributed by atoms with van der Waals surface area (Å²) in [5.41, 5.74) is 0.914. The zero-order valence-corrected chi connectivity index (χ0v) is 12.7. The number of benzene rings is 1. The van der Waals surface area contributed by atoms with Crippen LogP contribution in [0.2, 0.25) is 0 Å². The molecule has 0 bridgehead atoms. The van der Waals surface area contributed by atoms with Crippen LogP contribution in [-0.4, -0.2) is 13.7 Å². The molecule has 1 rings (SSSR count). The summed E-state index contributed by atoms with van der Waals surface area (Å²) in [6, 6.07) is 4.86. The number of nitrogens with one attached hydrogen (secondary N) is 1. The van der Waals surface area contributed by atoms with Crippen molar-refractivity contribution in [1.29, 1.82) is 0 Å². The second-order valence-electron chi connectivity index (χ2n) is 5.42. The Labute approximate surface area is 116 Å². The highest BCUT2D eigenvalue weighted by atomic mass is 19.1. The molecule has 0 fully saturated rings. The van der Waals surface area contributed by atoms with Crippen LogP contribution in [-0.2, 0) is 0 Å². The molecule has 0 saturated heterocycles. The number of hydrogen-bond acceptors (Lipinski definition) is 2. The van der Waals surface area contributed by atoms with Crippen molar-refractivity contribution >= 4 is 0 Å². The molecule has 19 heavy (non-hydrogen) atoms. The molecule has 3 heteroatoms. The Hall–Kier alpha value is -1.09. The van der Waals surface area contributed by atoms with E-state index >= 15 is 0 Å². The molecule has 0 aliphatic rings. The third-order valence-electron chi connectivity index (χ3n) is 3.72. The molecule has 108 valence electrons. The lowest BCUT2D eigenvalue weighted by Gasteiger charge is -2.29. The van der Waals surface area contributed by atoms with E-state index in [-0.39, 0.29) is 11.9 Å². The van der Waals surface area contributed by atoms with Crippen LogP contribution in [0.1, 0.15) is 45.7 Å². The van der Waals surface area contributed by atoms with Crippen LogP contribution in [0.25, 0.3) is 0 Å². The number of ether oxygens (including phenoxy) is 1. The van der Waals surface area contributed by atoms with Crippen LogP contribution in [0.15, 0.2) is 18.2 Å². The third kappa shape index (κ3) is 4.20. The van der Waals surface area contributed by atoms with Crippen molar-refractivity contribution in [2.45, 2.75) is 40.2 Å². The van der Waals surface area contributed by atoms with Crippen LogP contribution < -0.4 is 10.1 Å². The quantitative estimate of drug-likeness (QED) is 0.800. The SMILES string of the molecule is CCCNC(c1cc(F)ccc1OC)C(C)C(C)C. The predicted molar refractivity (Wildman–Crippen MR) is 78.0 cm³/mol. The number of halogens is 1. The highest BCUT2D eigenvalue weighted by Crippen LogP contribution is 2.34. The first-order valence-corrected chi connectivity index (χ1v) is 7.08. The van der Waals surface area contributed by atoms with Gasteiger partial charge in [0.25, 0.3) is 0 Å². The fourth-order valence-corrected chi connectivity index (χ4v) is 2.21. The van der Waals surface area contributed by atoms with E-state index in [0.29, 0.717) is 11.8 Å². The molecular formula is C16H26FNO. The van der Waals surface area contributed by atoms with Crippen LogP contribution >= 0.6 is 0 Å². The fraction of sp³-hybridized carbons (Fsp3) is 0.625. The van der Waals surface area contributed by atoms with E-state index in [1.165, 1.54) is 6.07 Å². The van der Waals surface area contributed by atoms with Crippen molar-refractivity contribution in [3.63, 3.8) is 0 Å². The van der Waals surface area contributed by atoms with Crippen molar-refractivity contribution in [1.82, 2.24) is 5.32 Å². The molecule has 2 atom stereocenters. The minimum Gasteiger partial charge on any atom is -0.496 e. The van der Waals surface area contributed by atoms with Crippen LogP contribution in [0, 0.1) is 17.7 Å². The summed E-state index contributed by atoms with van der Waals surface area (Å²) in [4.78, 5) is 0. The molecule has 1 aromatic rings. The normalized spacial score (nSPS) is 14.5. The van der Waals surface area contributed by atoms with Gasteiger partial charge in [0.15, 0.2) is 0 Å². The number of hydrogen-bond donors (Lipinski definition) is 1. The average Bonchev–Trinajstić information content (AvgIpc) is 2.39. The third-order valence-corrected chi connectivity index (χ3v) is 3.72. The predicted octanol–water partition coefficient (Wildman–Crippen LogP) is 4.17. The Morgan fingerprint density at radius 1 is 1.26 bits per heavy atom. The lowest BCUT2D eigenvalue weighted by atomic mass is 9.85. The molecule has 0 amide bonds. The zero-order valence-electron chi connectivity index (χ0n) is 12.7. The molecule has 2 nitrogen and oxygen atoms in total. The zero-order chi connectivity index (χ0) is 14.4. The maximum absolute atomic E-state index is 13.5. The molecular weight excluding hydrogens is 241 g/mol. The van der Waals surface area contributed by atoms with Gasteiger partial charge in [-0.3, -0.25) is 0 Å². The molecule has 0 spiro atoms. The van der Waals surface area contributed by atoms with E-state index in [9.17, 15) is 4.39 Å². The van der Waals surface area contributed by atoms with Crippen molar-refractivity contribution in [2.75, 3.05) is 13.7 Å². The monoisotopic (exact) mass is 267 g/mol. The largest absolute Gasteiger partial charge is 0.496 e. The Bertz CT molecular complexity index is 392. The van der Waals surface area contributed by atoms with Crippen LogP contribution in [0.3, 0.4) is 0 Å². The van der Waals surface area contributed by atoms with Crippen LogP contribution in [0.5, 0.6) is 5.75 Å². The Kier molecular flexibility index (Phi) is 6.29. The Balaban J connectivity index is 3.11. The molecule has 1 aromatic carbocycles. The highest BCUT2D eigenvalue weighted by molar-refractivity contribution is 5.37. The van der Waals surface area contributed by atoms with Gasteiger partial charge in [-0.05, 0) is 43.0 Å². The smallest absolute Gasteiger partial charge is 0.123 e. The summed E-state index contributed by atoms with van der Waals surface area (Å²) >= 11 is 0. The molecule has 0 aromatic heterocycles. The molecule has 0 radical (unpaired) electrons. The lowest BCUT2D eigenvalue weighted by molar-refractivity contribution is 0.293. The summed E-state index contributed by atoms with van der Waals surface area (Å²) in [6.07, 6.45) is 1.05. The average molecular weight is 267 g/mol. The Morgan fingerprint density at radius 2 is 1.95 bits per heavy atom. The van der Waals surface area contributed by atoms with Gasteiger partial charge in [0, 0.05) is 11.6 Å². The molecule has 2 unspecified atom stereocenters. The van der Waals surface area contributed by atoms with E-state index < -0.39 is 0 Å². The maximum atomic E-state index is 13.5. The van der Waals surface area contributed by atoms with E-state index in [1.54, 1.807) is 19.2 Å². The van der Waals surface area contributed by atoms with E-state index in [2.05, 4.69) is 33.0 Å². The van der Waals surface area contributed by atoms with Gasteiger partial charge in [0.05, 0.1) is 7.11 Å². The van der Waals surface area contributed by atoms with Gasteiger partial charge in [0.2, 0.25) is 0 Å². The van der Waals surface area contributed by atoms with Gasteiger partial charge in [-0.25, -0.2) is 4.39 Å². The molecule has 0 saturated carbocycles. The standard InChI is InChI=1S/C16H26FNO/c1-6-9-18-16(12(4)11(2)3)14-10-13(17)7-8-15(14)19-5/h7-8,10-12,16,18H,6,9H2,1-5H3. The van der Waals surface area contributed by atoms with Gasteiger partial charge in [-0.15, -0.1) is 0 Å². The second-order valence-corrected chi connectivity index (χ2v) is 5.42. The summed E-state index contributed by atoms with van der Waals surface area (Å²) in [7, 11) is 1.63. The first-order valence-electron chi connectivity index (χ1n) is 7.08. The van der Waals surface area contributed by atoms with Gasteiger partial charge in [-0.1, -0.05) is 27.7 Å². The summed E-state index contributed by atoms with van der Waals surface area (Å²) in [6.45, 7) is 9.63. The van der Waals surface area contributed by atoms with Crippen molar-refractivity contribution in [2.24, 2.45) is 11.8 Å². The minimum atomic E-state index is -0.213. The maximum Gasteiger partial charge on any atom is 0.123 e. The highest BCUT2D eigenvalue weighted by Gasteiger charge is 2.24. The van der Waals surface area contributed by atoms with E-state index in [4.69, 9.17) is 4.74 Å². The number of rotatable bonds is 7. The van der Waals surface area contributed by atoms with Crippen molar-refractivity contribution < 1.29 is 9.13 Å². The molecule has 0 aliphatic heterocycles. The second kappa shape index (κ2) is 7.49. The first kappa shape index (κ1) is 16.0. The lowest BCUT2D eigenvalue weighted by Crippen LogP contribution is -2.30. The van der Waals surface area contributed by atoms with Gasteiger partial charge in [0.1, 0.15) is 11.6 Å². The topological polar surface area (TPSA) is 21.3 Å². The molecule has 1 N–H and O–H groups in total. The van der Waals surface area contributed by atoms with E-state index in [0.717, 1.165) is 24.3 Å². The minimum absolute atomic E-state index is 0.116. The fourth-order valence-electron chi connectivity index (χ4n) is 2.21. The molecule has 0 aliphatic carbocycles.